The van der Waals surface area contributed by atoms with Crippen LogP contribution in [0.2, 0.25) is 0 Å². The average Bonchev–Trinajstić information content (AvgIpc) is 2.51. The summed E-state index contributed by atoms with van der Waals surface area (Å²) in [5.41, 5.74) is 1.28. The molecule has 3 heteroatoms. The van der Waals surface area contributed by atoms with E-state index in [0.717, 1.165) is 36.3 Å². The number of rotatable bonds is 7. The van der Waals surface area contributed by atoms with Crippen molar-refractivity contribution in [1.29, 1.82) is 0 Å². The molecule has 1 aromatic heterocycles. The van der Waals surface area contributed by atoms with Gasteiger partial charge < -0.3 is 4.74 Å². The van der Waals surface area contributed by atoms with Gasteiger partial charge >= 0.3 is 0 Å². The van der Waals surface area contributed by atoms with E-state index in [9.17, 15) is 0 Å². The normalized spacial score (nSPS) is 12.1. The number of nitrogens with zero attached hydrogens (tertiary/aromatic N) is 2. The van der Waals surface area contributed by atoms with Crippen LogP contribution in [0.25, 0.3) is 10.8 Å². The second-order valence-electron chi connectivity index (χ2n) is 7.18. The van der Waals surface area contributed by atoms with Gasteiger partial charge in [0.2, 0.25) is 5.88 Å². The van der Waals surface area contributed by atoms with E-state index < -0.39 is 0 Å². The lowest BCUT2D eigenvalue weighted by Gasteiger charge is -2.31. The number of aryl methyl sites for hydroxylation is 1. The van der Waals surface area contributed by atoms with Gasteiger partial charge in [-0.2, -0.15) is 0 Å². The van der Waals surface area contributed by atoms with Crippen molar-refractivity contribution >= 4 is 10.8 Å². The standard InChI is InChI=1S/C20H30N2O/c1-6-7-11-17-15-16-10-8-9-12-18(16)19(21-17)23-14-13-22(5)20(2,3)4/h8-10,12,15H,6-7,11,13-14H2,1-5H3. The molecule has 0 unspecified atom stereocenters. The molecule has 126 valence electrons. The van der Waals surface area contributed by atoms with Gasteiger partial charge in [-0.25, -0.2) is 4.98 Å². The zero-order chi connectivity index (χ0) is 16.9. The van der Waals surface area contributed by atoms with Gasteiger partial charge in [0.25, 0.3) is 0 Å². The van der Waals surface area contributed by atoms with Gasteiger partial charge in [-0.05, 0) is 58.2 Å². The fraction of sp³-hybridized carbons (Fsp3) is 0.550. The Hall–Kier alpha value is -1.61. The Balaban J connectivity index is 2.14. The van der Waals surface area contributed by atoms with Crippen molar-refractivity contribution < 1.29 is 4.74 Å². The summed E-state index contributed by atoms with van der Waals surface area (Å²) >= 11 is 0. The summed E-state index contributed by atoms with van der Waals surface area (Å²) in [5, 5.41) is 2.32. The highest BCUT2D eigenvalue weighted by atomic mass is 16.5. The predicted molar refractivity (Wildman–Crippen MR) is 98.2 cm³/mol. The first-order valence-electron chi connectivity index (χ1n) is 8.64. The molecule has 0 atom stereocenters. The summed E-state index contributed by atoms with van der Waals surface area (Å²) in [6.45, 7) is 10.4. The molecule has 1 heterocycles. The monoisotopic (exact) mass is 314 g/mol. The lowest BCUT2D eigenvalue weighted by molar-refractivity contribution is 0.143. The summed E-state index contributed by atoms with van der Waals surface area (Å²) < 4.78 is 6.05. The smallest absolute Gasteiger partial charge is 0.221 e. The largest absolute Gasteiger partial charge is 0.476 e. The number of unbranched alkanes of at least 4 members (excludes halogenated alkanes) is 1. The minimum absolute atomic E-state index is 0.155. The SMILES string of the molecule is CCCCc1cc2ccccc2c(OCCN(C)C(C)(C)C)n1. The third kappa shape index (κ3) is 4.93. The average molecular weight is 314 g/mol. The second-order valence-corrected chi connectivity index (χ2v) is 7.18. The molecule has 2 rings (SSSR count). The van der Waals surface area contributed by atoms with Crippen LogP contribution in [0.4, 0.5) is 0 Å². The summed E-state index contributed by atoms with van der Waals surface area (Å²) in [6, 6.07) is 10.5. The van der Waals surface area contributed by atoms with E-state index in [-0.39, 0.29) is 5.54 Å². The fourth-order valence-electron chi connectivity index (χ4n) is 2.43. The summed E-state index contributed by atoms with van der Waals surface area (Å²) in [4.78, 5) is 7.06. The Morgan fingerprint density at radius 1 is 1.17 bits per heavy atom. The Morgan fingerprint density at radius 3 is 2.61 bits per heavy atom. The molecule has 0 aliphatic rings. The van der Waals surface area contributed by atoms with Gasteiger partial charge in [0, 0.05) is 23.2 Å². The number of fused-ring (bicyclic) bond motifs is 1. The van der Waals surface area contributed by atoms with E-state index in [1.165, 1.54) is 11.8 Å². The number of pyridine rings is 1. The third-order valence-corrected chi connectivity index (χ3v) is 4.36. The lowest BCUT2D eigenvalue weighted by Crippen LogP contribution is -2.40. The van der Waals surface area contributed by atoms with Crippen molar-refractivity contribution in [3.63, 3.8) is 0 Å². The maximum absolute atomic E-state index is 6.05. The predicted octanol–water partition coefficient (Wildman–Crippen LogP) is 4.69. The van der Waals surface area contributed by atoms with E-state index in [4.69, 9.17) is 9.72 Å². The molecule has 0 aliphatic carbocycles. The number of hydrogen-bond donors (Lipinski definition) is 0. The van der Waals surface area contributed by atoms with Gasteiger partial charge in [0.15, 0.2) is 0 Å². The molecule has 0 aliphatic heterocycles. The van der Waals surface area contributed by atoms with Crippen molar-refractivity contribution in [3.8, 4) is 5.88 Å². The fourth-order valence-corrected chi connectivity index (χ4v) is 2.43. The molecule has 0 amide bonds. The Bertz CT molecular complexity index is 631. The topological polar surface area (TPSA) is 25.4 Å². The van der Waals surface area contributed by atoms with E-state index in [0.29, 0.717) is 6.61 Å². The summed E-state index contributed by atoms with van der Waals surface area (Å²) in [6.07, 6.45) is 3.36. The van der Waals surface area contributed by atoms with Crippen LogP contribution in [0.15, 0.2) is 30.3 Å². The minimum Gasteiger partial charge on any atom is -0.476 e. The highest BCUT2D eigenvalue weighted by Gasteiger charge is 2.16. The molecule has 0 spiro atoms. The number of hydrogen-bond acceptors (Lipinski definition) is 3. The molecule has 0 saturated heterocycles. The quantitative estimate of drug-likeness (QED) is 0.741. The van der Waals surface area contributed by atoms with Crippen LogP contribution in [0.1, 0.15) is 46.2 Å². The summed E-state index contributed by atoms with van der Waals surface area (Å²) in [7, 11) is 2.13. The third-order valence-electron chi connectivity index (χ3n) is 4.36. The van der Waals surface area contributed by atoms with Crippen LogP contribution in [0, 0.1) is 0 Å². The Labute approximate surface area is 140 Å². The van der Waals surface area contributed by atoms with Crippen molar-refractivity contribution in [3.05, 3.63) is 36.0 Å². The minimum atomic E-state index is 0.155. The number of ether oxygens (including phenoxy) is 1. The van der Waals surface area contributed by atoms with Crippen LogP contribution in [-0.2, 0) is 6.42 Å². The molecule has 0 bridgehead atoms. The highest BCUT2D eigenvalue weighted by Crippen LogP contribution is 2.25. The van der Waals surface area contributed by atoms with Crippen LogP contribution in [-0.4, -0.2) is 35.6 Å². The van der Waals surface area contributed by atoms with E-state index in [1.54, 1.807) is 0 Å². The van der Waals surface area contributed by atoms with E-state index >= 15 is 0 Å². The first kappa shape index (κ1) is 17.7. The molecular formula is C20H30N2O. The zero-order valence-electron chi connectivity index (χ0n) is 15.2. The Kier molecular flexibility index (Phi) is 6.00. The Morgan fingerprint density at radius 2 is 1.91 bits per heavy atom. The molecule has 0 radical (unpaired) electrons. The molecule has 2 aromatic rings. The van der Waals surface area contributed by atoms with Gasteiger partial charge in [-0.3, -0.25) is 4.90 Å². The molecule has 23 heavy (non-hydrogen) atoms. The molecular weight excluding hydrogens is 284 g/mol. The van der Waals surface area contributed by atoms with Gasteiger partial charge in [-0.15, -0.1) is 0 Å². The van der Waals surface area contributed by atoms with E-state index in [1.807, 2.05) is 6.07 Å². The molecule has 1 aromatic carbocycles. The number of likely N-dealkylation sites (N-methyl/N-ethyl adjacent to an activating group) is 1. The maximum Gasteiger partial charge on any atom is 0.221 e. The highest BCUT2D eigenvalue weighted by molar-refractivity contribution is 5.87. The molecule has 0 fully saturated rings. The van der Waals surface area contributed by atoms with Crippen LogP contribution >= 0.6 is 0 Å². The van der Waals surface area contributed by atoms with Gasteiger partial charge in [-0.1, -0.05) is 31.5 Å². The molecule has 3 nitrogen and oxygen atoms in total. The first-order chi connectivity index (χ1) is 10.9. The number of benzene rings is 1. The van der Waals surface area contributed by atoms with Crippen LogP contribution in [0.5, 0.6) is 5.88 Å². The molecule has 0 saturated carbocycles. The van der Waals surface area contributed by atoms with Crippen molar-refractivity contribution in [2.75, 3.05) is 20.2 Å². The van der Waals surface area contributed by atoms with Gasteiger partial charge in [0.05, 0.1) is 0 Å². The second kappa shape index (κ2) is 7.78. The van der Waals surface area contributed by atoms with Gasteiger partial charge in [0.1, 0.15) is 6.61 Å². The lowest BCUT2D eigenvalue weighted by atomic mass is 10.1. The maximum atomic E-state index is 6.05. The summed E-state index contributed by atoms with van der Waals surface area (Å²) in [5.74, 6) is 0.775. The first-order valence-corrected chi connectivity index (χ1v) is 8.64. The van der Waals surface area contributed by atoms with Crippen molar-refractivity contribution in [2.24, 2.45) is 0 Å². The molecule has 0 N–H and O–H groups in total. The van der Waals surface area contributed by atoms with Crippen LogP contribution in [0.3, 0.4) is 0 Å². The van der Waals surface area contributed by atoms with Crippen molar-refractivity contribution in [2.45, 2.75) is 52.5 Å². The zero-order valence-corrected chi connectivity index (χ0v) is 15.2. The van der Waals surface area contributed by atoms with Crippen molar-refractivity contribution in [1.82, 2.24) is 9.88 Å². The van der Waals surface area contributed by atoms with E-state index in [2.05, 4.69) is 63.9 Å². The van der Waals surface area contributed by atoms with Crippen LogP contribution < -0.4 is 4.74 Å². The number of aromatic nitrogens is 1.